The van der Waals surface area contributed by atoms with Crippen molar-refractivity contribution >= 4 is 22.7 Å². The summed E-state index contributed by atoms with van der Waals surface area (Å²) < 4.78 is 13.9. The number of carbonyl (C=O) groups is 2. The minimum atomic E-state index is -0.912. The zero-order valence-corrected chi connectivity index (χ0v) is 15.0. The molecule has 6 nitrogen and oxygen atoms in total. The molecule has 1 aromatic heterocycles. The van der Waals surface area contributed by atoms with E-state index >= 15 is 0 Å². The summed E-state index contributed by atoms with van der Waals surface area (Å²) in [6.07, 6.45) is 2.17. The fourth-order valence-corrected chi connectivity index (χ4v) is 2.98. The van der Waals surface area contributed by atoms with E-state index in [1.54, 1.807) is 12.3 Å². The van der Waals surface area contributed by atoms with Gasteiger partial charge in [0.15, 0.2) is 0 Å². The Bertz CT molecular complexity index is 1040. The number of hydrogen-bond donors (Lipinski definition) is 3. The van der Waals surface area contributed by atoms with Crippen LogP contribution in [0.15, 0.2) is 54.7 Å². The summed E-state index contributed by atoms with van der Waals surface area (Å²) in [4.78, 5) is 28.2. The van der Waals surface area contributed by atoms with Crippen molar-refractivity contribution in [3.05, 3.63) is 71.7 Å². The van der Waals surface area contributed by atoms with Crippen molar-refractivity contribution in [2.24, 2.45) is 0 Å². The van der Waals surface area contributed by atoms with Crippen LogP contribution in [0, 0.1) is 17.1 Å². The first kappa shape index (κ1) is 19.1. The normalized spacial score (nSPS) is 11.6. The molecule has 0 spiro atoms. The minimum absolute atomic E-state index is 0.128. The monoisotopic (exact) mass is 378 g/mol. The maximum Gasteiger partial charge on any atom is 0.254 e. The zero-order valence-electron chi connectivity index (χ0n) is 15.0. The Morgan fingerprint density at radius 3 is 2.68 bits per heavy atom. The van der Waals surface area contributed by atoms with Gasteiger partial charge in [-0.2, -0.15) is 5.26 Å². The molecule has 7 heteroatoms. The van der Waals surface area contributed by atoms with Crippen LogP contribution in [0.1, 0.15) is 22.3 Å². The van der Waals surface area contributed by atoms with E-state index in [0.717, 1.165) is 16.5 Å². The summed E-state index contributed by atoms with van der Waals surface area (Å²) in [6, 6.07) is 14.3. The number of hydrogen-bond acceptors (Lipinski definition) is 3. The summed E-state index contributed by atoms with van der Waals surface area (Å²) in [5.41, 5.74) is 1.64. The number of amides is 2. The van der Waals surface area contributed by atoms with Crippen LogP contribution in [0.25, 0.3) is 10.9 Å². The van der Waals surface area contributed by atoms with Crippen molar-refractivity contribution < 1.29 is 14.0 Å². The molecule has 1 atom stereocenters. The van der Waals surface area contributed by atoms with E-state index in [2.05, 4.69) is 15.6 Å². The van der Waals surface area contributed by atoms with Crippen LogP contribution in [0.3, 0.4) is 0 Å². The first-order valence-electron chi connectivity index (χ1n) is 8.85. The Morgan fingerprint density at radius 1 is 1.14 bits per heavy atom. The predicted molar refractivity (Wildman–Crippen MR) is 103 cm³/mol. The molecule has 0 radical (unpaired) electrons. The number of benzene rings is 2. The van der Waals surface area contributed by atoms with Gasteiger partial charge in [0.25, 0.3) is 5.91 Å². The van der Waals surface area contributed by atoms with Crippen molar-refractivity contribution in [1.29, 1.82) is 5.26 Å². The second-order valence-corrected chi connectivity index (χ2v) is 6.27. The smallest absolute Gasteiger partial charge is 0.254 e. The number of H-pyrrole nitrogens is 1. The van der Waals surface area contributed by atoms with Gasteiger partial charge >= 0.3 is 0 Å². The van der Waals surface area contributed by atoms with Gasteiger partial charge in [0.05, 0.1) is 18.1 Å². The van der Waals surface area contributed by atoms with E-state index in [-0.39, 0.29) is 24.9 Å². The molecule has 1 unspecified atom stereocenters. The average Bonchev–Trinajstić information content (AvgIpc) is 3.11. The van der Waals surface area contributed by atoms with Crippen molar-refractivity contribution in [3.8, 4) is 6.07 Å². The fraction of sp³-hybridized carbons (Fsp3) is 0.190. The first-order chi connectivity index (χ1) is 13.6. The zero-order chi connectivity index (χ0) is 19.9. The molecule has 3 rings (SSSR count). The molecule has 3 N–H and O–H groups in total. The van der Waals surface area contributed by atoms with Crippen LogP contribution < -0.4 is 10.6 Å². The van der Waals surface area contributed by atoms with E-state index in [1.807, 2.05) is 30.3 Å². The van der Waals surface area contributed by atoms with Crippen LogP contribution in [0.4, 0.5) is 4.39 Å². The molecule has 1 heterocycles. The number of para-hydroxylation sites is 1. The lowest BCUT2D eigenvalue weighted by molar-refractivity contribution is -0.122. The van der Waals surface area contributed by atoms with Crippen molar-refractivity contribution in [3.63, 3.8) is 0 Å². The van der Waals surface area contributed by atoms with Crippen LogP contribution in [-0.4, -0.2) is 29.4 Å². The number of rotatable bonds is 7. The molecule has 2 amide bonds. The number of fused-ring (bicyclic) bond motifs is 1. The molecule has 0 fully saturated rings. The Balaban J connectivity index is 1.82. The van der Waals surface area contributed by atoms with Gasteiger partial charge in [0, 0.05) is 30.1 Å². The van der Waals surface area contributed by atoms with E-state index in [0.29, 0.717) is 0 Å². The molecule has 0 saturated heterocycles. The maximum absolute atomic E-state index is 13.9. The highest BCUT2D eigenvalue weighted by molar-refractivity contribution is 5.98. The molecule has 3 aromatic rings. The largest absolute Gasteiger partial charge is 0.361 e. The third kappa shape index (κ3) is 4.35. The van der Waals surface area contributed by atoms with E-state index in [9.17, 15) is 14.0 Å². The minimum Gasteiger partial charge on any atom is -0.361 e. The lowest BCUT2D eigenvalue weighted by Crippen LogP contribution is -2.48. The van der Waals surface area contributed by atoms with E-state index in [1.165, 1.54) is 18.2 Å². The number of carbonyl (C=O) groups excluding carboxylic acids is 2. The quantitative estimate of drug-likeness (QED) is 0.551. The molecule has 0 aliphatic heterocycles. The second kappa shape index (κ2) is 8.82. The Kier molecular flexibility index (Phi) is 6.02. The van der Waals surface area contributed by atoms with Gasteiger partial charge < -0.3 is 15.6 Å². The van der Waals surface area contributed by atoms with Crippen molar-refractivity contribution in [2.75, 3.05) is 6.54 Å². The summed E-state index contributed by atoms with van der Waals surface area (Å²) >= 11 is 0. The molecule has 0 aliphatic carbocycles. The Morgan fingerprint density at radius 2 is 1.89 bits per heavy atom. The van der Waals surface area contributed by atoms with Gasteiger partial charge in [0.2, 0.25) is 5.91 Å². The average molecular weight is 378 g/mol. The summed E-state index contributed by atoms with van der Waals surface area (Å²) in [5.74, 6) is -1.75. The number of aromatic amines is 1. The van der Waals surface area contributed by atoms with Crippen LogP contribution in [0.5, 0.6) is 0 Å². The van der Waals surface area contributed by atoms with Gasteiger partial charge in [-0.05, 0) is 23.8 Å². The van der Waals surface area contributed by atoms with Gasteiger partial charge in [-0.1, -0.05) is 30.3 Å². The molecule has 142 valence electrons. The van der Waals surface area contributed by atoms with Crippen LogP contribution in [-0.2, 0) is 11.2 Å². The van der Waals surface area contributed by atoms with Gasteiger partial charge in [-0.15, -0.1) is 0 Å². The van der Waals surface area contributed by atoms with E-state index < -0.39 is 23.7 Å². The molecule has 28 heavy (non-hydrogen) atoms. The summed E-state index contributed by atoms with van der Waals surface area (Å²) in [7, 11) is 0. The lowest BCUT2D eigenvalue weighted by Gasteiger charge is -2.18. The van der Waals surface area contributed by atoms with Crippen LogP contribution in [0.2, 0.25) is 0 Å². The topological polar surface area (TPSA) is 97.8 Å². The van der Waals surface area contributed by atoms with Gasteiger partial charge in [0.1, 0.15) is 11.9 Å². The number of nitrogens with one attached hydrogen (secondary N) is 3. The number of nitrogens with zero attached hydrogens (tertiary/aromatic N) is 1. The van der Waals surface area contributed by atoms with Gasteiger partial charge in [-0.25, -0.2) is 4.39 Å². The predicted octanol–water partition coefficient (Wildman–Crippen LogP) is 2.68. The van der Waals surface area contributed by atoms with E-state index in [4.69, 9.17) is 5.26 Å². The highest BCUT2D eigenvalue weighted by Crippen LogP contribution is 2.19. The molecular weight excluding hydrogens is 359 g/mol. The third-order valence-corrected chi connectivity index (χ3v) is 4.38. The Labute approximate surface area is 161 Å². The molecule has 0 aliphatic rings. The maximum atomic E-state index is 13.9. The van der Waals surface area contributed by atoms with Crippen LogP contribution >= 0.6 is 0 Å². The lowest BCUT2D eigenvalue weighted by atomic mass is 10.0. The number of halogens is 1. The molecule has 0 bridgehead atoms. The van der Waals surface area contributed by atoms with Crippen molar-refractivity contribution in [2.45, 2.75) is 18.9 Å². The van der Waals surface area contributed by atoms with Crippen molar-refractivity contribution in [1.82, 2.24) is 15.6 Å². The highest BCUT2D eigenvalue weighted by Gasteiger charge is 2.24. The number of aromatic nitrogens is 1. The highest BCUT2D eigenvalue weighted by atomic mass is 19.1. The first-order valence-corrected chi connectivity index (χ1v) is 8.85. The molecule has 2 aromatic carbocycles. The fourth-order valence-electron chi connectivity index (χ4n) is 2.98. The molecule has 0 saturated carbocycles. The second-order valence-electron chi connectivity index (χ2n) is 6.27. The summed E-state index contributed by atoms with van der Waals surface area (Å²) in [6.45, 7) is 0.176. The summed E-state index contributed by atoms with van der Waals surface area (Å²) in [5, 5.41) is 14.8. The molecular formula is C21H19FN4O2. The third-order valence-electron chi connectivity index (χ3n) is 4.38. The SMILES string of the molecule is N#CCCNC(=O)C(Cc1c[nH]c2ccccc12)NC(=O)c1ccccc1F. The standard InChI is InChI=1S/C21H19FN4O2/c22-17-8-3-1-7-16(17)20(27)26-19(21(28)24-11-5-10-23)12-14-13-25-18-9-4-2-6-15(14)18/h1-4,6-9,13,19,25H,5,11-12H2,(H,24,28)(H,26,27). The number of nitriles is 1. The van der Waals surface area contributed by atoms with Gasteiger partial charge in [-0.3, -0.25) is 9.59 Å². The Hall–Kier alpha value is -3.66.